The standard InChI is InChI=1S/C12H15N5O2S/c13-17-12-9-11(5-7-15-12)20(18,19)16-8-4-10-3-1-2-6-14-10/h1-3,5-7,9,16H,4,8,13H2,(H,15,17). The zero-order valence-corrected chi connectivity index (χ0v) is 11.5. The monoisotopic (exact) mass is 293 g/mol. The zero-order chi connectivity index (χ0) is 14.4. The predicted octanol–water partition coefficient (Wildman–Crippen LogP) is 0.283. The molecular weight excluding hydrogens is 278 g/mol. The summed E-state index contributed by atoms with van der Waals surface area (Å²) in [5.41, 5.74) is 3.14. The minimum atomic E-state index is -3.58. The molecule has 4 N–H and O–H groups in total. The summed E-state index contributed by atoms with van der Waals surface area (Å²) in [6.45, 7) is 0.271. The summed E-state index contributed by atoms with van der Waals surface area (Å²) >= 11 is 0. The molecule has 2 rings (SSSR count). The molecule has 0 fully saturated rings. The summed E-state index contributed by atoms with van der Waals surface area (Å²) in [6.07, 6.45) is 3.57. The minimum absolute atomic E-state index is 0.112. The van der Waals surface area contributed by atoms with Crippen molar-refractivity contribution in [2.45, 2.75) is 11.3 Å². The van der Waals surface area contributed by atoms with E-state index in [1.165, 1.54) is 18.3 Å². The van der Waals surface area contributed by atoms with E-state index in [0.717, 1.165) is 5.69 Å². The summed E-state index contributed by atoms with van der Waals surface area (Å²) < 4.78 is 26.6. The van der Waals surface area contributed by atoms with Crippen molar-refractivity contribution >= 4 is 15.8 Å². The van der Waals surface area contributed by atoms with Gasteiger partial charge >= 0.3 is 0 Å². The van der Waals surface area contributed by atoms with Crippen molar-refractivity contribution in [3.63, 3.8) is 0 Å². The van der Waals surface area contributed by atoms with E-state index in [1.807, 2.05) is 18.2 Å². The number of sulfonamides is 1. The molecule has 7 nitrogen and oxygen atoms in total. The van der Waals surface area contributed by atoms with Gasteiger partial charge in [0.25, 0.3) is 0 Å². The highest BCUT2D eigenvalue weighted by Crippen LogP contribution is 2.11. The Balaban J connectivity index is 2.00. The molecular formula is C12H15N5O2S. The van der Waals surface area contributed by atoms with E-state index in [0.29, 0.717) is 6.42 Å². The fraction of sp³-hybridized carbons (Fsp3) is 0.167. The van der Waals surface area contributed by atoms with Gasteiger partial charge in [-0.3, -0.25) is 4.98 Å². The van der Waals surface area contributed by atoms with Gasteiger partial charge < -0.3 is 5.43 Å². The van der Waals surface area contributed by atoms with Crippen LogP contribution in [0.1, 0.15) is 5.69 Å². The van der Waals surface area contributed by atoms with Crippen LogP contribution in [-0.4, -0.2) is 24.9 Å². The normalized spacial score (nSPS) is 11.2. The maximum absolute atomic E-state index is 12.1. The van der Waals surface area contributed by atoms with Crippen molar-refractivity contribution in [3.05, 3.63) is 48.4 Å². The van der Waals surface area contributed by atoms with Crippen LogP contribution in [0.15, 0.2) is 47.6 Å². The van der Waals surface area contributed by atoms with Gasteiger partial charge in [0.05, 0.1) is 4.90 Å². The average molecular weight is 293 g/mol. The Morgan fingerprint density at radius 3 is 2.70 bits per heavy atom. The molecule has 106 valence electrons. The van der Waals surface area contributed by atoms with Crippen LogP contribution in [0, 0.1) is 0 Å². The molecule has 2 heterocycles. The number of nitrogens with one attached hydrogen (secondary N) is 2. The first-order chi connectivity index (χ1) is 9.62. The third kappa shape index (κ3) is 3.73. The third-order valence-electron chi connectivity index (χ3n) is 2.59. The van der Waals surface area contributed by atoms with Crippen molar-refractivity contribution in [2.24, 2.45) is 5.84 Å². The molecule has 0 atom stereocenters. The fourth-order valence-electron chi connectivity index (χ4n) is 1.60. The van der Waals surface area contributed by atoms with Gasteiger partial charge in [-0.2, -0.15) is 0 Å². The van der Waals surface area contributed by atoms with Crippen LogP contribution in [0.5, 0.6) is 0 Å². The highest BCUT2D eigenvalue weighted by Gasteiger charge is 2.14. The number of hydrazine groups is 1. The molecule has 0 radical (unpaired) electrons. The zero-order valence-electron chi connectivity index (χ0n) is 10.7. The number of hydrogen-bond acceptors (Lipinski definition) is 6. The van der Waals surface area contributed by atoms with Gasteiger partial charge in [0.2, 0.25) is 10.0 Å². The third-order valence-corrected chi connectivity index (χ3v) is 4.05. The van der Waals surface area contributed by atoms with Crippen molar-refractivity contribution in [2.75, 3.05) is 12.0 Å². The fourth-order valence-corrected chi connectivity index (χ4v) is 2.64. The summed E-state index contributed by atoms with van der Waals surface area (Å²) in [4.78, 5) is 8.10. The summed E-state index contributed by atoms with van der Waals surface area (Å²) in [7, 11) is -3.58. The molecule has 0 saturated heterocycles. The van der Waals surface area contributed by atoms with Gasteiger partial charge in [0.1, 0.15) is 5.82 Å². The molecule has 8 heteroatoms. The Morgan fingerprint density at radius 1 is 1.15 bits per heavy atom. The molecule has 0 saturated carbocycles. The number of rotatable bonds is 6. The molecule has 2 aromatic heterocycles. The smallest absolute Gasteiger partial charge is 0.240 e. The second-order valence-electron chi connectivity index (χ2n) is 3.99. The van der Waals surface area contributed by atoms with Crippen molar-refractivity contribution in [3.8, 4) is 0 Å². The van der Waals surface area contributed by atoms with Crippen molar-refractivity contribution in [1.82, 2.24) is 14.7 Å². The van der Waals surface area contributed by atoms with Crippen LogP contribution >= 0.6 is 0 Å². The molecule has 0 amide bonds. The summed E-state index contributed by atoms with van der Waals surface area (Å²) in [5.74, 6) is 5.49. The summed E-state index contributed by atoms with van der Waals surface area (Å²) in [5, 5.41) is 0. The number of hydrogen-bond donors (Lipinski definition) is 3. The maximum Gasteiger partial charge on any atom is 0.240 e. The first kappa shape index (κ1) is 14.4. The van der Waals surface area contributed by atoms with Gasteiger partial charge in [-0.25, -0.2) is 24.0 Å². The summed E-state index contributed by atoms with van der Waals surface area (Å²) in [6, 6.07) is 8.29. The van der Waals surface area contributed by atoms with Gasteiger partial charge in [-0.1, -0.05) is 6.07 Å². The van der Waals surface area contributed by atoms with E-state index in [2.05, 4.69) is 20.1 Å². The van der Waals surface area contributed by atoms with E-state index in [9.17, 15) is 8.42 Å². The van der Waals surface area contributed by atoms with Gasteiger partial charge in [0.15, 0.2) is 0 Å². The van der Waals surface area contributed by atoms with Gasteiger partial charge in [-0.15, -0.1) is 0 Å². The molecule has 0 unspecified atom stereocenters. The number of nitrogens with two attached hydrogens (primary N) is 1. The van der Waals surface area contributed by atoms with Gasteiger partial charge in [-0.05, 0) is 18.2 Å². The molecule has 0 aliphatic heterocycles. The molecule has 0 aliphatic carbocycles. The highest BCUT2D eigenvalue weighted by atomic mass is 32.2. The van der Waals surface area contributed by atoms with Crippen LogP contribution in [0.4, 0.5) is 5.82 Å². The lowest BCUT2D eigenvalue weighted by molar-refractivity contribution is 0.581. The number of nitrogen functional groups attached to an aromatic ring is 1. The minimum Gasteiger partial charge on any atom is -0.308 e. The van der Waals surface area contributed by atoms with E-state index < -0.39 is 10.0 Å². The lowest BCUT2D eigenvalue weighted by Crippen LogP contribution is -2.26. The number of aromatic nitrogens is 2. The Morgan fingerprint density at radius 2 is 2.00 bits per heavy atom. The van der Waals surface area contributed by atoms with Crippen molar-refractivity contribution < 1.29 is 8.42 Å². The molecule has 0 aliphatic rings. The van der Waals surface area contributed by atoms with Crippen LogP contribution in [0.2, 0.25) is 0 Å². The van der Waals surface area contributed by atoms with E-state index >= 15 is 0 Å². The molecule has 0 bridgehead atoms. The lowest BCUT2D eigenvalue weighted by atomic mass is 10.3. The Labute approximate surface area is 117 Å². The molecule has 2 aromatic rings. The Bertz CT molecular complexity index is 661. The molecule has 0 spiro atoms. The molecule has 0 aromatic carbocycles. The van der Waals surface area contributed by atoms with Crippen LogP contribution < -0.4 is 16.0 Å². The van der Waals surface area contributed by atoms with Crippen LogP contribution in [0.3, 0.4) is 0 Å². The lowest BCUT2D eigenvalue weighted by Gasteiger charge is -2.07. The maximum atomic E-state index is 12.1. The van der Waals surface area contributed by atoms with E-state index in [1.54, 1.807) is 6.20 Å². The number of nitrogens with zero attached hydrogens (tertiary/aromatic N) is 2. The Hall–Kier alpha value is -2.03. The first-order valence-electron chi connectivity index (χ1n) is 5.94. The topological polar surface area (TPSA) is 110 Å². The first-order valence-corrected chi connectivity index (χ1v) is 7.42. The van der Waals surface area contributed by atoms with Crippen LogP contribution in [0.25, 0.3) is 0 Å². The quantitative estimate of drug-likeness (QED) is 0.521. The van der Waals surface area contributed by atoms with Crippen LogP contribution in [-0.2, 0) is 16.4 Å². The average Bonchev–Trinajstić information content (AvgIpc) is 2.48. The number of pyridine rings is 2. The second kappa shape index (κ2) is 6.42. The Kier molecular flexibility index (Phi) is 4.61. The van der Waals surface area contributed by atoms with E-state index in [4.69, 9.17) is 5.84 Å². The second-order valence-corrected chi connectivity index (χ2v) is 5.76. The van der Waals surface area contributed by atoms with Crippen molar-refractivity contribution in [1.29, 1.82) is 0 Å². The predicted molar refractivity (Wildman–Crippen MR) is 75.2 cm³/mol. The molecule has 20 heavy (non-hydrogen) atoms. The van der Waals surface area contributed by atoms with E-state index in [-0.39, 0.29) is 17.3 Å². The largest absolute Gasteiger partial charge is 0.308 e. The highest BCUT2D eigenvalue weighted by molar-refractivity contribution is 7.89. The SMILES string of the molecule is NNc1cc(S(=O)(=O)NCCc2ccccn2)ccn1. The number of anilines is 1. The van der Waals surface area contributed by atoms with Gasteiger partial charge in [0, 0.05) is 37.1 Å².